The van der Waals surface area contributed by atoms with Crippen LogP contribution in [-0.2, 0) is 14.3 Å². The van der Waals surface area contributed by atoms with Crippen molar-refractivity contribution in [2.45, 2.75) is 56.0 Å². The number of rotatable bonds is 7. The van der Waals surface area contributed by atoms with Gasteiger partial charge in [0.15, 0.2) is 0 Å². The van der Waals surface area contributed by atoms with Crippen molar-refractivity contribution in [2.75, 3.05) is 13.2 Å². The number of benzene rings is 2. The van der Waals surface area contributed by atoms with Gasteiger partial charge in [-0.05, 0) is 54.4 Å². The van der Waals surface area contributed by atoms with Gasteiger partial charge in [0.05, 0.1) is 0 Å². The maximum atomic E-state index is 13.1. The van der Waals surface area contributed by atoms with E-state index in [1.165, 1.54) is 0 Å². The lowest BCUT2D eigenvalue weighted by Crippen LogP contribution is -2.68. The Kier molecular flexibility index (Phi) is 5.56. The highest BCUT2D eigenvalue weighted by Gasteiger charge is 2.52. The number of aliphatic carboxylic acids is 1. The molecule has 1 spiro atoms. The van der Waals surface area contributed by atoms with Crippen molar-refractivity contribution in [1.29, 1.82) is 0 Å². The van der Waals surface area contributed by atoms with Gasteiger partial charge < -0.3 is 20.1 Å². The van der Waals surface area contributed by atoms with Gasteiger partial charge >= 0.3 is 12.1 Å². The molecule has 33 heavy (non-hydrogen) atoms. The summed E-state index contributed by atoms with van der Waals surface area (Å²) in [4.78, 5) is 38.8. The third-order valence-corrected chi connectivity index (χ3v) is 7.50. The first-order valence-corrected chi connectivity index (χ1v) is 11.6. The Morgan fingerprint density at radius 1 is 1.03 bits per heavy atom. The number of likely N-dealkylation sites (tertiary alicyclic amines) is 1. The number of alkyl carbamates (subject to hydrolysis) is 1. The van der Waals surface area contributed by atoms with Gasteiger partial charge in [0, 0.05) is 24.4 Å². The first-order chi connectivity index (χ1) is 16.0. The molecule has 1 heterocycles. The lowest BCUT2D eigenvalue weighted by molar-refractivity contribution is -0.158. The molecule has 1 aliphatic heterocycles. The first-order valence-electron chi connectivity index (χ1n) is 11.6. The Balaban J connectivity index is 1.26. The summed E-state index contributed by atoms with van der Waals surface area (Å²) in [5.74, 6) is -1.27. The Morgan fingerprint density at radius 2 is 1.67 bits per heavy atom. The summed E-state index contributed by atoms with van der Waals surface area (Å²) in [5.41, 5.74) is 4.43. The third-order valence-electron chi connectivity index (χ3n) is 7.50. The number of hydrogen-bond donors (Lipinski definition) is 2. The molecule has 3 aliphatic rings. The zero-order valence-corrected chi connectivity index (χ0v) is 18.5. The van der Waals surface area contributed by atoms with Crippen molar-refractivity contribution >= 4 is 18.0 Å². The van der Waals surface area contributed by atoms with Gasteiger partial charge in [-0.3, -0.25) is 9.59 Å². The molecule has 0 radical (unpaired) electrons. The van der Waals surface area contributed by atoms with E-state index in [0.29, 0.717) is 6.54 Å². The maximum Gasteiger partial charge on any atom is 0.407 e. The summed E-state index contributed by atoms with van der Waals surface area (Å²) in [5, 5.41) is 11.8. The molecule has 2 fully saturated rings. The molecular formula is C26H28N2O5. The van der Waals surface area contributed by atoms with E-state index >= 15 is 0 Å². The lowest BCUT2D eigenvalue weighted by Gasteiger charge is -2.59. The van der Waals surface area contributed by atoms with Crippen LogP contribution in [-0.4, -0.2) is 52.7 Å². The summed E-state index contributed by atoms with van der Waals surface area (Å²) < 4.78 is 5.58. The molecule has 1 saturated carbocycles. The largest absolute Gasteiger partial charge is 0.481 e. The molecule has 2 N–H and O–H groups in total. The summed E-state index contributed by atoms with van der Waals surface area (Å²) in [7, 11) is 0. The molecule has 5 rings (SSSR count). The van der Waals surface area contributed by atoms with E-state index in [4.69, 9.17) is 9.84 Å². The normalized spacial score (nSPS) is 18.5. The highest BCUT2D eigenvalue weighted by Crippen LogP contribution is 2.47. The van der Waals surface area contributed by atoms with Gasteiger partial charge in [0.25, 0.3) is 0 Å². The fraction of sp³-hybridized carbons (Fsp3) is 0.423. The Bertz CT molecular complexity index is 1040. The molecular weight excluding hydrogens is 420 g/mol. The number of carboxylic acids is 1. The van der Waals surface area contributed by atoms with E-state index in [1.54, 1.807) is 0 Å². The number of carbonyl (C=O) groups is 3. The standard InChI is InChI=1S/C26H28N2O5/c29-23(30)11-10-22(24(31)28-15-14-26(28)12-5-13-26)27-25(32)33-16-21-19-8-3-1-6-17(19)18-7-2-4-9-20(18)21/h1-4,6-9,21-22H,5,10-16H2,(H,27,32)(H,29,30). The minimum Gasteiger partial charge on any atom is -0.481 e. The highest BCUT2D eigenvalue weighted by molar-refractivity contribution is 5.87. The smallest absolute Gasteiger partial charge is 0.407 e. The van der Waals surface area contributed by atoms with Crippen LogP contribution in [0.15, 0.2) is 48.5 Å². The van der Waals surface area contributed by atoms with E-state index in [2.05, 4.69) is 17.4 Å². The number of hydrogen-bond acceptors (Lipinski definition) is 4. The van der Waals surface area contributed by atoms with Gasteiger partial charge in [-0.25, -0.2) is 4.79 Å². The SMILES string of the molecule is O=C(O)CCC(NC(=O)OCC1c2ccccc2-c2ccccc21)C(=O)N1CCC12CCC2. The van der Waals surface area contributed by atoms with Crippen LogP contribution in [0.25, 0.3) is 11.1 Å². The van der Waals surface area contributed by atoms with Crippen LogP contribution in [0, 0.1) is 0 Å². The van der Waals surface area contributed by atoms with E-state index in [-0.39, 0.29) is 36.8 Å². The van der Waals surface area contributed by atoms with Gasteiger partial charge in [0.1, 0.15) is 12.6 Å². The zero-order chi connectivity index (χ0) is 23.0. The molecule has 7 nitrogen and oxygen atoms in total. The lowest BCUT2D eigenvalue weighted by atomic mass is 9.67. The topological polar surface area (TPSA) is 95.9 Å². The third kappa shape index (κ3) is 3.86. The number of fused-ring (bicyclic) bond motifs is 3. The van der Waals surface area contributed by atoms with Crippen LogP contribution < -0.4 is 5.32 Å². The molecule has 2 aliphatic carbocycles. The number of nitrogens with one attached hydrogen (secondary N) is 1. The molecule has 2 aromatic rings. The second-order valence-corrected chi connectivity index (χ2v) is 9.27. The summed E-state index contributed by atoms with van der Waals surface area (Å²) in [6.07, 6.45) is 3.21. The average Bonchev–Trinajstić information content (AvgIpc) is 3.07. The summed E-state index contributed by atoms with van der Waals surface area (Å²) in [6.45, 7) is 0.808. The Hall–Kier alpha value is -3.35. The maximum absolute atomic E-state index is 13.1. The van der Waals surface area contributed by atoms with Crippen LogP contribution in [0.2, 0.25) is 0 Å². The van der Waals surface area contributed by atoms with Crippen molar-refractivity contribution in [1.82, 2.24) is 10.2 Å². The molecule has 0 aromatic heterocycles. The summed E-state index contributed by atoms with van der Waals surface area (Å²) >= 11 is 0. The average molecular weight is 449 g/mol. The van der Waals surface area contributed by atoms with Gasteiger partial charge in [0.2, 0.25) is 5.91 Å². The minimum absolute atomic E-state index is 0.0466. The fourth-order valence-corrected chi connectivity index (χ4v) is 5.48. The van der Waals surface area contributed by atoms with Crippen LogP contribution in [0.4, 0.5) is 4.79 Å². The second kappa shape index (κ2) is 8.54. The van der Waals surface area contributed by atoms with Crippen molar-refractivity contribution < 1.29 is 24.2 Å². The molecule has 2 aromatic carbocycles. The van der Waals surface area contributed by atoms with Crippen molar-refractivity contribution in [3.63, 3.8) is 0 Å². The molecule has 1 unspecified atom stereocenters. The van der Waals surface area contributed by atoms with Crippen LogP contribution in [0.1, 0.15) is 55.6 Å². The van der Waals surface area contributed by atoms with Crippen LogP contribution in [0.3, 0.4) is 0 Å². The number of carbonyl (C=O) groups excluding carboxylic acids is 2. The molecule has 1 atom stereocenters. The Morgan fingerprint density at radius 3 is 2.18 bits per heavy atom. The van der Waals surface area contributed by atoms with Gasteiger partial charge in [-0.2, -0.15) is 0 Å². The molecule has 172 valence electrons. The minimum atomic E-state index is -0.996. The molecule has 0 bridgehead atoms. The van der Waals surface area contributed by atoms with Gasteiger partial charge in [-0.1, -0.05) is 48.5 Å². The van der Waals surface area contributed by atoms with Crippen molar-refractivity contribution in [2.24, 2.45) is 0 Å². The first kappa shape index (κ1) is 21.5. The van der Waals surface area contributed by atoms with E-state index < -0.39 is 18.1 Å². The quantitative estimate of drug-likeness (QED) is 0.670. The van der Waals surface area contributed by atoms with E-state index in [9.17, 15) is 14.4 Å². The zero-order valence-electron chi connectivity index (χ0n) is 18.5. The van der Waals surface area contributed by atoms with Crippen LogP contribution in [0.5, 0.6) is 0 Å². The second-order valence-electron chi connectivity index (χ2n) is 9.27. The van der Waals surface area contributed by atoms with Gasteiger partial charge in [-0.15, -0.1) is 0 Å². The predicted molar refractivity (Wildman–Crippen MR) is 122 cm³/mol. The highest BCUT2D eigenvalue weighted by atomic mass is 16.5. The molecule has 2 amide bonds. The molecule has 7 heteroatoms. The van der Waals surface area contributed by atoms with Crippen molar-refractivity contribution in [3.8, 4) is 11.1 Å². The number of nitrogens with zero attached hydrogens (tertiary/aromatic N) is 1. The fourth-order valence-electron chi connectivity index (χ4n) is 5.48. The van der Waals surface area contributed by atoms with Crippen LogP contribution >= 0.6 is 0 Å². The van der Waals surface area contributed by atoms with Crippen molar-refractivity contribution in [3.05, 3.63) is 59.7 Å². The number of carboxylic acid groups (broad SMARTS) is 1. The summed E-state index contributed by atoms with van der Waals surface area (Å²) in [6, 6.07) is 15.3. The van der Waals surface area contributed by atoms with E-state index in [1.807, 2.05) is 41.3 Å². The number of amides is 2. The molecule has 1 saturated heterocycles. The number of ether oxygens (including phenoxy) is 1. The monoisotopic (exact) mass is 448 g/mol. The van der Waals surface area contributed by atoms with E-state index in [0.717, 1.165) is 47.9 Å². The Labute approximate surface area is 192 Å². The predicted octanol–water partition coefficient (Wildman–Crippen LogP) is 3.91.